The molecular weight excluding hydrogens is 332 g/mol. The van der Waals surface area contributed by atoms with Gasteiger partial charge in [0.1, 0.15) is 0 Å². The summed E-state index contributed by atoms with van der Waals surface area (Å²) in [6.45, 7) is 3.92. The van der Waals surface area contributed by atoms with Crippen LogP contribution in [0.1, 0.15) is 19.4 Å². The highest BCUT2D eigenvalue weighted by Gasteiger charge is 2.65. The van der Waals surface area contributed by atoms with Crippen LogP contribution in [0.15, 0.2) is 18.2 Å². The second-order valence-corrected chi connectivity index (χ2v) is 8.94. The molecule has 0 radical (unpaired) electrons. The van der Waals surface area contributed by atoms with Crippen molar-refractivity contribution in [3.8, 4) is 0 Å². The van der Waals surface area contributed by atoms with Gasteiger partial charge in [-0.15, -0.1) is 0 Å². The summed E-state index contributed by atoms with van der Waals surface area (Å²) in [5.41, 5.74) is 1.48. The van der Waals surface area contributed by atoms with Crippen molar-refractivity contribution in [1.82, 2.24) is 0 Å². The summed E-state index contributed by atoms with van der Waals surface area (Å²) in [4.78, 5) is 23.5. The summed E-state index contributed by atoms with van der Waals surface area (Å²) in [6.07, 6.45) is 1.75. The Hall–Kier alpha value is -2.09. The molecule has 0 spiro atoms. The summed E-state index contributed by atoms with van der Waals surface area (Å²) >= 11 is 0. The highest BCUT2D eigenvalue weighted by Crippen LogP contribution is 2.58. The lowest BCUT2D eigenvalue weighted by molar-refractivity contribution is -0.140. The fraction of sp³-hybridized carbons (Fsp3) is 0.500. The molecule has 1 fully saturated rings. The Kier molecular flexibility index (Phi) is 3.63. The van der Waals surface area contributed by atoms with Crippen LogP contribution >= 0.6 is 0 Å². The van der Waals surface area contributed by atoms with Gasteiger partial charge in [-0.2, -0.15) is 0 Å². The van der Waals surface area contributed by atoms with Crippen molar-refractivity contribution in [3.63, 3.8) is 0 Å². The second kappa shape index (κ2) is 5.20. The Labute approximate surface area is 140 Å². The number of aliphatic carboxylic acids is 1. The summed E-state index contributed by atoms with van der Waals surface area (Å²) in [5, 5.41) is 11.9. The van der Waals surface area contributed by atoms with E-state index in [0.717, 1.165) is 5.56 Å². The molecule has 8 heteroatoms. The van der Waals surface area contributed by atoms with E-state index in [0.29, 0.717) is 24.3 Å². The van der Waals surface area contributed by atoms with Crippen LogP contribution in [0.5, 0.6) is 0 Å². The minimum Gasteiger partial charge on any atom is -0.481 e. The molecule has 1 aromatic carbocycles. The van der Waals surface area contributed by atoms with Gasteiger partial charge in [0, 0.05) is 12.2 Å². The zero-order valence-electron chi connectivity index (χ0n) is 13.7. The molecule has 130 valence electrons. The van der Waals surface area contributed by atoms with Crippen LogP contribution in [0, 0.1) is 17.3 Å². The molecule has 7 nitrogen and oxygen atoms in total. The number of amides is 1. The van der Waals surface area contributed by atoms with Crippen molar-refractivity contribution in [2.75, 3.05) is 22.4 Å². The molecule has 0 aromatic heterocycles. The summed E-state index contributed by atoms with van der Waals surface area (Å²) in [6, 6.07) is 5.07. The first-order chi connectivity index (χ1) is 11.0. The number of carbonyl (C=O) groups is 2. The number of rotatable bonds is 4. The lowest BCUT2D eigenvalue weighted by Gasteiger charge is -2.16. The van der Waals surface area contributed by atoms with Crippen molar-refractivity contribution in [2.45, 2.75) is 20.3 Å². The van der Waals surface area contributed by atoms with Gasteiger partial charge in [0.05, 0.1) is 23.8 Å². The quantitative estimate of drug-likeness (QED) is 0.850. The Morgan fingerprint density at radius 3 is 2.50 bits per heavy atom. The molecule has 0 unspecified atom stereocenters. The molecule has 3 rings (SSSR count). The standard InChI is InChI=1S/C16H20N2O5S/c1-16(2)12(13(16)15(20)21)14(19)17-10-4-5-11-9(8-10)6-7-18(11)24(3,22)23/h4-5,8,12-13H,6-7H2,1-3H3,(H,17,19)(H,20,21)/t12-,13-/m0/s1. The molecule has 2 atom stereocenters. The molecule has 1 saturated carbocycles. The average molecular weight is 352 g/mol. The molecule has 2 aliphatic rings. The molecule has 1 heterocycles. The average Bonchev–Trinajstić information content (AvgIpc) is 2.82. The first-order valence-corrected chi connectivity index (χ1v) is 9.52. The minimum absolute atomic E-state index is 0.315. The van der Waals surface area contributed by atoms with Crippen LogP contribution in [-0.4, -0.2) is 38.2 Å². The van der Waals surface area contributed by atoms with Gasteiger partial charge in [-0.1, -0.05) is 13.8 Å². The number of sulfonamides is 1. The van der Waals surface area contributed by atoms with Crippen molar-refractivity contribution in [1.29, 1.82) is 0 Å². The number of hydrogen-bond acceptors (Lipinski definition) is 4. The Bertz CT molecular complexity index is 831. The maximum absolute atomic E-state index is 12.3. The van der Waals surface area contributed by atoms with E-state index in [-0.39, 0.29) is 5.91 Å². The maximum Gasteiger partial charge on any atom is 0.307 e. The van der Waals surface area contributed by atoms with Crippen LogP contribution in [0.2, 0.25) is 0 Å². The number of fused-ring (bicyclic) bond motifs is 1. The van der Waals surface area contributed by atoms with Gasteiger partial charge in [-0.25, -0.2) is 8.42 Å². The molecule has 2 N–H and O–H groups in total. The number of hydrogen-bond donors (Lipinski definition) is 2. The Morgan fingerprint density at radius 1 is 1.29 bits per heavy atom. The fourth-order valence-corrected chi connectivity index (χ4v) is 4.56. The smallest absolute Gasteiger partial charge is 0.307 e. The van der Waals surface area contributed by atoms with Gasteiger partial charge >= 0.3 is 5.97 Å². The van der Waals surface area contributed by atoms with E-state index in [9.17, 15) is 18.0 Å². The van der Waals surface area contributed by atoms with E-state index in [1.165, 1.54) is 10.6 Å². The second-order valence-electron chi connectivity index (χ2n) is 7.03. The Balaban J connectivity index is 1.77. The van der Waals surface area contributed by atoms with Gasteiger partial charge in [-0.3, -0.25) is 13.9 Å². The Morgan fingerprint density at radius 2 is 1.96 bits per heavy atom. The first-order valence-electron chi connectivity index (χ1n) is 7.68. The molecule has 1 aliphatic heterocycles. The maximum atomic E-state index is 12.3. The summed E-state index contributed by atoms with van der Waals surface area (Å²) in [5.74, 6) is -2.51. The van der Waals surface area contributed by atoms with Crippen LogP contribution in [0.25, 0.3) is 0 Å². The third-order valence-corrected chi connectivity index (χ3v) is 6.16. The van der Waals surface area contributed by atoms with Crippen LogP contribution in [0.3, 0.4) is 0 Å². The SMILES string of the molecule is CC1(C)[C@H](C(=O)O)[C@H]1C(=O)Nc1ccc2c(c1)CCN2S(C)(=O)=O. The van der Waals surface area contributed by atoms with Crippen molar-refractivity contribution < 1.29 is 23.1 Å². The number of anilines is 2. The van der Waals surface area contributed by atoms with E-state index in [1.807, 2.05) is 0 Å². The third-order valence-electron chi connectivity index (χ3n) is 4.98. The lowest BCUT2D eigenvalue weighted by Crippen LogP contribution is -2.27. The summed E-state index contributed by atoms with van der Waals surface area (Å²) < 4.78 is 24.8. The molecule has 24 heavy (non-hydrogen) atoms. The van der Waals surface area contributed by atoms with E-state index in [1.54, 1.807) is 32.0 Å². The summed E-state index contributed by atoms with van der Waals surface area (Å²) in [7, 11) is -3.31. The first kappa shape index (κ1) is 16.8. The molecule has 0 bridgehead atoms. The monoisotopic (exact) mass is 352 g/mol. The van der Waals surface area contributed by atoms with Crippen LogP contribution in [-0.2, 0) is 26.0 Å². The molecule has 1 amide bonds. The van der Waals surface area contributed by atoms with E-state index in [4.69, 9.17) is 5.11 Å². The predicted octanol–water partition coefficient (Wildman–Crippen LogP) is 1.30. The van der Waals surface area contributed by atoms with Crippen molar-refractivity contribution in [3.05, 3.63) is 23.8 Å². The van der Waals surface area contributed by atoms with Gasteiger partial charge in [0.15, 0.2) is 0 Å². The van der Waals surface area contributed by atoms with Gasteiger partial charge in [0.25, 0.3) is 0 Å². The normalized spacial score (nSPS) is 24.4. The molecule has 0 saturated heterocycles. The minimum atomic E-state index is -3.31. The number of nitrogens with zero attached hydrogens (tertiary/aromatic N) is 1. The van der Waals surface area contributed by atoms with Crippen LogP contribution < -0.4 is 9.62 Å². The molecule has 1 aliphatic carbocycles. The van der Waals surface area contributed by atoms with Crippen LogP contribution in [0.4, 0.5) is 11.4 Å². The number of benzene rings is 1. The number of carboxylic acid groups (broad SMARTS) is 1. The highest BCUT2D eigenvalue weighted by molar-refractivity contribution is 7.92. The predicted molar refractivity (Wildman–Crippen MR) is 89.4 cm³/mol. The highest BCUT2D eigenvalue weighted by atomic mass is 32.2. The lowest BCUT2D eigenvalue weighted by atomic mass is 10.1. The number of carbonyl (C=O) groups excluding carboxylic acids is 1. The van der Waals surface area contributed by atoms with Crippen molar-refractivity contribution >= 4 is 33.3 Å². The van der Waals surface area contributed by atoms with Crippen molar-refractivity contribution in [2.24, 2.45) is 17.3 Å². The van der Waals surface area contributed by atoms with E-state index in [2.05, 4.69) is 5.32 Å². The fourth-order valence-electron chi connectivity index (χ4n) is 3.60. The molecule has 1 aromatic rings. The zero-order valence-corrected chi connectivity index (χ0v) is 14.6. The number of carboxylic acids is 1. The van der Waals surface area contributed by atoms with Gasteiger partial charge in [0.2, 0.25) is 15.9 Å². The van der Waals surface area contributed by atoms with E-state index >= 15 is 0 Å². The zero-order chi connectivity index (χ0) is 17.9. The molecular formula is C16H20N2O5S. The van der Waals surface area contributed by atoms with Gasteiger partial charge in [-0.05, 0) is 35.6 Å². The van der Waals surface area contributed by atoms with E-state index < -0.39 is 33.2 Å². The topological polar surface area (TPSA) is 104 Å². The largest absolute Gasteiger partial charge is 0.481 e. The number of nitrogens with one attached hydrogen (secondary N) is 1. The third kappa shape index (κ3) is 2.64. The van der Waals surface area contributed by atoms with Gasteiger partial charge < -0.3 is 10.4 Å².